The number of nitrogens with zero attached hydrogens (tertiary/aromatic N) is 2. The largest absolute Gasteiger partial charge is 0.399 e. The van der Waals surface area contributed by atoms with Gasteiger partial charge < -0.3 is 10.6 Å². The van der Waals surface area contributed by atoms with Crippen LogP contribution >= 0.6 is 0 Å². The molecule has 0 saturated carbocycles. The summed E-state index contributed by atoms with van der Waals surface area (Å²) in [7, 11) is 0. The Morgan fingerprint density at radius 3 is 2.70 bits per heavy atom. The van der Waals surface area contributed by atoms with Crippen LogP contribution < -0.4 is 5.73 Å². The molecule has 0 bridgehead atoms. The first kappa shape index (κ1) is 14.9. The Morgan fingerprint density at radius 2 is 2.10 bits per heavy atom. The molecule has 1 aliphatic heterocycles. The minimum atomic E-state index is 0.128. The molecule has 1 amide bonds. The molecule has 1 aromatic rings. The van der Waals surface area contributed by atoms with Crippen molar-refractivity contribution < 1.29 is 4.79 Å². The smallest absolute Gasteiger partial charge is 0.253 e. The molecule has 4 heteroatoms. The molecule has 0 aromatic heterocycles. The number of carbonyl (C=O) groups is 1. The molecule has 0 aliphatic carbocycles. The highest BCUT2D eigenvalue weighted by Crippen LogP contribution is 2.20. The number of likely N-dealkylation sites (tertiary alicyclic amines) is 1. The van der Waals surface area contributed by atoms with Gasteiger partial charge in [-0.3, -0.25) is 9.69 Å². The van der Waals surface area contributed by atoms with Gasteiger partial charge in [-0.25, -0.2) is 0 Å². The molecule has 1 unspecified atom stereocenters. The number of benzene rings is 1. The summed E-state index contributed by atoms with van der Waals surface area (Å²) >= 11 is 0. The highest BCUT2D eigenvalue weighted by atomic mass is 16.2. The molecule has 1 fully saturated rings. The molecule has 2 N–H and O–H groups in total. The van der Waals surface area contributed by atoms with E-state index in [9.17, 15) is 4.79 Å². The van der Waals surface area contributed by atoms with Crippen LogP contribution in [0, 0.1) is 6.92 Å². The summed E-state index contributed by atoms with van der Waals surface area (Å²) in [5.41, 5.74) is 8.26. The van der Waals surface area contributed by atoms with Gasteiger partial charge >= 0.3 is 0 Å². The number of amides is 1. The van der Waals surface area contributed by atoms with Gasteiger partial charge in [0, 0.05) is 30.4 Å². The van der Waals surface area contributed by atoms with E-state index in [2.05, 4.69) is 18.7 Å². The van der Waals surface area contributed by atoms with Crippen molar-refractivity contribution in [2.24, 2.45) is 0 Å². The number of likely N-dealkylation sites (N-methyl/N-ethyl adjacent to an activating group) is 1. The van der Waals surface area contributed by atoms with Crippen molar-refractivity contribution in [2.75, 3.05) is 31.9 Å². The number of rotatable bonds is 4. The number of hydrogen-bond acceptors (Lipinski definition) is 3. The number of carbonyl (C=O) groups excluding carboxylic acids is 1. The molecule has 110 valence electrons. The maximum absolute atomic E-state index is 12.5. The van der Waals surface area contributed by atoms with Gasteiger partial charge in [-0.05, 0) is 50.2 Å². The molecule has 1 aliphatic rings. The van der Waals surface area contributed by atoms with Crippen LogP contribution in [0.15, 0.2) is 18.2 Å². The quantitative estimate of drug-likeness (QED) is 0.856. The second-order valence-electron chi connectivity index (χ2n) is 5.49. The fourth-order valence-corrected chi connectivity index (χ4v) is 2.96. The molecular formula is C16H25N3O. The first-order valence-corrected chi connectivity index (χ1v) is 7.46. The van der Waals surface area contributed by atoms with E-state index >= 15 is 0 Å². The molecule has 20 heavy (non-hydrogen) atoms. The second-order valence-corrected chi connectivity index (χ2v) is 5.49. The first-order chi connectivity index (χ1) is 9.56. The molecular weight excluding hydrogens is 250 g/mol. The van der Waals surface area contributed by atoms with Crippen molar-refractivity contribution in [1.29, 1.82) is 0 Å². The van der Waals surface area contributed by atoms with E-state index in [1.807, 2.05) is 30.0 Å². The van der Waals surface area contributed by atoms with Crippen LogP contribution in [0.25, 0.3) is 0 Å². The number of anilines is 1. The predicted molar refractivity (Wildman–Crippen MR) is 82.8 cm³/mol. The number of aryl methyl sites for hydroxylation is 1. The number of nitrogens with two attached hydrogens (primary N) is 1. The first-order valence-electron chi connectivity index (χ1n) is 7.46. The van der Waals surface area contributed by atoms with Crippen LogP contribution in [0.5, 0.6) is 0 Å². The SMILES string of the molecule is CCN(CC)C1CCN(C(=O)c2ccc(N)c(C)c2)C1. The lowest BCUT2D eigenvalue weighted by atomic mass is 10.1. The van der Waals surface area contributed by atoms with Gasteiger partial charge in [-0.1, -0.05) is 13.8 Å². The van der Waals surface area contributed by atoms with Crippen molar-refractivity contribution >= 4 is 11.6 Å². The molecule has 4 nitrogen and oxygen atoms in total. The zero-order valence-electron chi connectivity index (χ0n) is 12.7. The van der Waals surface area contributed by atoms with Crippen molar-refractivity contribution in [3.05, 3.63) is 29.3 Å². The van der Waals surface area contributed by atoms with Gasteiger partial charge in [-0.15, -0.1) is 0 Å². The van der Waals surface area contributed by atoms with E-state index in [4.69, 9.17) is 5.73 Å². The lowest BCUT2D eigenvalue weighted by Crippen LogP contribution is -2.38. The molecule has 2 rings (SSSR count). The molecule has 1 aromatic carbocycles. The van der Waals surface area contributed by atoms with Gasteiger partial charge in [0.2, 0.25) is 0 Å². The monoisotopic (exact) mass is 275 g/mol. The molecule has 1 heterocycles. The summed E-state index contributed by atoms with van der Waals surface area (Å²) in [4.78, 5) is 16.9. The van der Waals surface area contributed by atoms with Crippen LogP contribution in [0.3, 0.4) is 0 Å². The lowest BCUT2D eigenvalue weighted by Gasteiger charge is -2.26. The second kappa shape index (κ2) is 6.27. The van der Waals surface area contributed by atoms with Gasteiger partial charge in [0.1, 0.15) is 0 Å². The van der Waals surface area contributed by atoms with Crippen LogP contribution in [0.2, 0.25) is 0 Å². The van der Waals surface area contributed by atoms with Gasteiger partial charge in [0.15, 0.2) is 0 Å². The Labute approximate surface area is 121 Å². The standard InChI is InChI=1S/C16H25N3O/c1-4-18(5-2)14-8-9-19(11-14)16(20)13-6-7-15(17)12(3)10-13/h6-7,10,14H,4-5,8-9,11,17H2,1-3H3. The number of hydrogen-bond donors (Lipinski definition) is 1. The van der Waals surface area contributed by atoms with Crippen molar-refractivity contribution in [3.63, 3.8) is 0 Å². The number of nitrogen functional groups attached to an aromatic ring is 1. The van der Waals surface area contributed by atoms with E-state index in [0.717, 1.165) is 49.4 Å². The maximum Gasteiger partial charge on any atom is 0.253 e. The topological polar surface area (TPSA) is 49.6 Å². The normalized spacial score (nSPS) is 18.8. The fraction of sp³-hybridized carbons (Fsp3) is 0.562. The highest BCUT2D eigenvalue weighted by Gasteiger charge is 2.29. The molecule has 1 saturated heterocycles. The van der Waals surface area contributed by atoms with Crippen molar-refractivity contribution in [2.45, 2.75) is 33.2 Å². The Bertz CT molecular complexity index is 483. The minimum Gasteiger partial charge on any atom is -0.399 e. The van der Waals surface area contributed by atoms with Crippen molar-refractivity contribution in [3.8, 4) is 0 Å². The highest BCUT2D eigenvalue weighted by molar-refractivity contribution is 5.95. The van der Waals surface area contributed by atoms with Crippen LogP contribution in [-0.4, -0.2) is 47.9 Å². The molecule has 0 spiro atoms. The molecule has 1 atom stereocenters. The zero-order valence-corrected chi connectivity index (χ0v) is 12.7. The zero-order chi connectivity index (χ0) is 14.7. The van der Waals surface area contributed by atoms with Crippen LogP contribution in [0.1, 0.15) is 36.2 Å². The van der Waals surface area contributed by atoms with Crippen LogP contribution in [0.4, 0.5) is 5.69 Å². The Balaban J connectivity index is 2.05. The van der Waals surface area contributed by atoms with Crippen LogP contribution in [-0.2, 0) is 0 Å². The van der Waals surface area contributed by atoms with Gasteiger partial charge in [0.05, 0.1) is 0 Å². The summed E-state index contributed by atoms with van der Waals surface area (Å²) < 4.78 is 0. The Hall–Kier alpha value is -1.55. The van der Waals surface area contributed by atoms with E-state index in [1.165, 1.54) is 0 Å². The third kappa shape index (κ3) is 2.96. The Kier molecular flexibility index (Phi) is 4.65. The summed E-state index contributed by atoms with van der Waals surface area (Å²) in [6.07, 6.45) is 1.07. The van der Waals surface area contributed by atoms with E-state index in [-0.39, 0.29) is 5.91 Å². The van der Waals surface area contributed by atoms with E-state index in [0.29, 0.717) is 6.04 Å². The summed E-state index contributed by atoms with van der Waals surface area (Å²) in [5.74, 6) is 0.128. The predicted octanol–water partition coefficient (Wildman–Crippen LogP) is 2.13. The molecule has 0 radical (unpaired) electrons. The minimum absolute atomic E-state index is 0.128. The average Bonchev–Trinajstić information content (AvgIpc) is 2.92. The lowest BCUT2D eigenvalue weighted by molar-refractivity contribution is 0.0778. The van der Waals surface area contributed by atoms with E-state index in [1.54, 1.807) is 0 Å². The fourth-order valence-electron chi connectivity index (χ4n) is 2.96. The van der Waals surface area contributed by atoms with Gasteiger partial charge in [0.25, 0.3) is 5.91 Å². The van der Waals surface area contributed by atoms with Crippen molar-refractivity contribution in [1.82, 2.24) is 9.80 Å². The Morgan fingerprint density at radius 1 is 1.40 bits per heavy atom. The summed E-state index contributed by atoms with van der Waals surface area (Å²) in [6, 6.07) is 6.04. The third-order valence-corrected chi connectivity index (χ3v) is 4.30. The van der Waals surface area contributed by atoms with E-state index < -0.39 is 0 Å². The third-order valence-electron chi connectivity index (χ3n) is 4.30. The maximum atomic E-state index is 12.5. The summed E-state index contributed by atoms with van der Waals surface area (Å²) in [6.45, 7) is 10.1. The van der Waals surface area contributed by atoms with Gasteiger partial charge in [-0.2, -0.15) is 0 Å². The average molecular weight is 275 g/mol. The summed E-state index contributed by atoms with van der Waals surface area (Å²) in [5, 5.41) is 0.